The van der Waals surface area contributed by atoms with E-state index in [2.05, 4.69) is 45.0 Å². The fourth-order valence-electron chi connectivity index (χ4n) is 5.21. The number of carbonyl (C=O) groups excluding carboxylic acids is 1. The van der Waals surface area contributed by atoms with Crippen LogP contribution in [0.25, 0.3) is 0 Å². The number of benzene rings is 2. The maximum atomic E-state index is 13.0. The second-order valence-corrected chi connectivity index (χ2v) is 10.3. The maximum absolute atomic E-state index is 13.0. The Kier molecular flexibility index (Phi) is 9.90. The Labute approximate surface area is 217 Å². The molecule has 0 saturated heterocycles. The van der Waals surface area contributed by atoms with Gasteiger partial charge in [-0.15, -0.1) is 0 Å². The van der Waals surface area contributed by atoms with Gasteiger partial charge in [0.1, 0.15) is 6.04 Å². The number of hydrogen-bond donors (Lipinski definition) is 2. The van der Waals surface area contributed by atoms with Crippen molar-refractivity contribution in [2.45, 2.75) is 104 Å². The van der Waals surface area contributed by atoms with Gasteiger partial charge in [0.2, 0.25) is 0 Å². The van der Waals surface area contributed by atoms with E-state index in [0.29, 0.717) is 5.56 Å². The molecule has 1 unspecified atom stereocenters. The summed E-state index contributed by atoms with van der Waals surface area (Å²) in [6.07, 6.45) is 4.97. The van der Waals surface area contributed by atoms with E-state index in [1.165, 1.54) is 35.6 Å². The van der Waals surface area contributed by atoms with Gasteiger partial charge in [-0.2, -0.15) is 0 Å². The number of nitrogens with zero attached hydrogens (tertiary/aromatic N) is 1. The predicted octanol–water partition coefficient (Wildman–Crippen LogP) is 6.44. The summed E-state index contributed by atoms with van der Waals surface area (Å²) in [5.41, 5.74) is 5.51. The Balaban J connectivity index is 2.42. The molecule has 2 aromatic carbocycles. The molecule has 2 N–H and O–H groups in total. The van der Waals surface area contributed by atoms with Crippen molar-refractivity contribution < 1.29 is 19.8 Å². The number of aryl methyl sites for hydroxylation is 3. The average molecular weight is 496 g/mol. The standard InChI is InChI=1S/C31H45NO4/c1-9-30(36,10-2)18-17-24-13-14-25(19-21(24)5)31(11-3,12-4)26-15-16-27(22(6)20-26)28(33)32(8)23(7)29(34)35/h13-16,19-20,23,36H,9-12,17-18H2,1-8H3,(H,34,35). The molecule has 1 amide bonds. The van der Waals surface area contributed by atoms with E-state index >= 15 is 0 Å². The minimum absolute atomic E-state index is 0.191. The lowest BCUT2D eigenvalue weighted by Gasteiger charge is -2.34. The van der Waals surface area contributed by atoms with Gasteiger partial charge in [-0.25, -0.2) is 4.79 Å². The highest BCUT2D eigenvalue weighted by Crippen LogP contribution is 2.40. The summed E-state index contributed by atoms with van der Waals surface area (Å²) in [5, 5.41) is 20.0. The molecular weight excluding hydrogens is 450 g/mol. The molecule has 1 atom stereocenters. The Bertz CT molecular complexity index is 1070. The number of hydrogen-bond acceptors (Lipinski definition) is 3. The van der Waals surface area contributed by atoms with Crippen molar-refractivity contribution in [1.82, 2.24) is 4.90 Å². The fraction of sp³-hybridized carbons (Fsp3) is 0.548. The summed E-state index contributed by atoms with van der Waals surface area (Å²) in [4.78, 5) is 25.6. The predicted molar refractivity (Wildman–Crippen MR) is 147 cm³/mol. The van der Waals surface area contributed by atoms with E-state index in [4.69, 9.17) is 0 Å². The molecule has 198 valence electrons. The molecule has 0 aromatic heterocycles. The Morgan fingerprint density at radius 2 is 1.42 bits per heavy atom. The normalized spacial score (nSPS) is 12.9. The summed E-state index contributed by atoms with van der Waals surface area (Å²) in [7, 11) is 1.53. The average Bonchev–Trinajstić information content (AvgIpc) is 2.87. The summed E-state index contributed by atoms with van der Waals surface area (Å²) >= 11 is 0. The van der Waals surface area contributed by atoms with Crippen molar-refractivity contribution in [3.8, 4) is 0 Å². The molecule has 0 heterocycles. The molecular formula is C31H45NO4. The van der Waals surface area contributed by atoms with Crippen molar-refractivity contribution in [1.29, 1.82) is 0 Å². The van der Waals surface area contributed by atoms with Crippen LogP contribution < -0.4 is 0 Å². The minimum atomic E-state index is -1.02. The van der Waals surface area contributed by atoms with Crippen molar-refractivity contribution in [2.24, 2.45) is 0 Å². The third-order valence-electron chi connectivity index (χ3n) is 8.55. The van der Waals surface area contributed by atoms with Crippen LogP contribution in [0.5, 0.6) is 0 Å². The highest BCUT2D eigenvalue weighted by molar-refractivity contribution is 5.97. The molecule has 0 saturated carbocycles. The number of carboxylic acids is 1. The van der Waals surface area contributed by atoms with Crippen LogP contribution in [-0.2, 0) is 16.6 Å². The number of amides is 1. The first-order valence-corrected chi connectivity index (χ1v) is 13.3. The summed E-state index contributed by atoms with van der Waals surface area (Å²) < 4.78 is 0. The maximum Gasteiger partial charge on any atom is 0.326 e. The first-order valence-electron chi connectivity index (χ1n) is 13.3. The largest absolute Gasteiger partial charge is 0.480 e. The van der Waals surface area contributed by atoms with Crippen molar-refractivity contribution in [3.05, 3.63) is 69.8 Å². The molecule has 0 aliphatic carbocycles. The molecule has 0 bridgehead atoms. The van der Waals surface area contributed by atoms with Gasteiger partial charge in [-0.1, -0.05) is 58.0 Å². The van der Waals surface area contributed by atoms with Crippen LogP contribution in [0.3, 0.4) is 0 Å². The van der Waals surface area contributed by atoms with Crippen LogP contribution in [0.2, 0.25) is 0 Å². The minimum Gasteiger partial charge on any atom is -0.480 e. The van der Waals surface area contributed by atoms with Gasteiger partial charge in [0.05, 0.1) is 5.60 Å². The number of aliphatic carboxylic acids is 1. The molecule has 0 aliphatic rings. The van der Waals surface area contributed by atoms with E-state index in [1.54, 1.807) is 0 Å². The van der Waals surface area contributed by atoms with E-state index in [9.17, 15) is 19.8 Å². The first-order chi connectivity index (χ1) is 16.9. The second kappa shape index (κ2) is 12.1. The summed E-state index contributed by atoms with van der Waals surface area (Å²) in [6, 6.07) is 11.8. The van der Waals surface area contributed by atoms with E-state index in [0.717, 1.165) is 49.7 Å². The smallest absolute Gasteiger partial charge is 0.326 e. The monoisotopic (exact) mass is 495 g/mol. The van der Waals surface area contributed by atoms with E-state index in [1.807, 2.05) is 32.9 Å². The van der Waals surface area contributed by atoms with Gasteiger partial charge < -0.3 is 15.1 Å². The number of carboxylic acid groups (broad SMARTS) is 1. The molecule has 0 radical (unpaired) electrons. The molecule has 2 aromatic rings. The van der Waals surface area contributed by atoms with Gasteiger partial charge in [-0.3, -0.25) is 4.79 Å². The van der Waals surface area contributed by atoms with Crippen LogP contribution in [0.1, 0.15) is 105 Å². The van der Waals surface area contributed by atoms with Gasteiger partial charge in [-0.05, 0) is 93.2 Å². The molecule has 36 heavy (non-hydrogen) atoms. The summed E-state index contributed by atoms with van der Waals surface area (Å²) in [5.74, 6) is -1.31. The number of carbonyl (C=O) groups is 2. The van der Waals surface area contributed by atoms with Gasteiger partial charge in [0.25, 0.3) is 5.91 Å². The van der Waals surface area contributed by atoms with Crippen LogP contribution >= 0.6 is 0 Å². The Hall–Kier alpha value is -2.66. The quantitative estimate of drug-likeness (QED) is 0.355. The lowest BCUT2D eigenvalue weighted by atomic mass is 9.69. The van der Waals surface area contributed by atoms with Gasteiger partial charge in [0, 0.05) is 18.0 Å². The fourth-order valence-corrected chi connectivity index (χ4v) is 5.21. The number of rotatable bonds is 12. The van der Waals surface area contributed by atoms with Crippen molar-refractivity contribution >= 4 is 11.9 Å². The third-order valence-corrected chi connectivity index (χ3v) is 8.55. The lowest BCUT2D eigenvalue weighted by molar-refractivity contribution is -0.141. The molecule has 0 spiro atoms. The Morgan fingerprint density at radius 3 is 1.86 bits per heavy atom. The van der Waals surface area contributed by atoms with Crippen LogP contribution in [0, 0.1) is 13.8 Å². The second-order valence-electron chi connectivity index (χ2n) is 10.3. The van der Waals surface area contributed by atoms with Crippen LogP contribution in [-0.4, -0.2) is 45.7 Å². The highest BCUT2D eigenvalue weighted by Gasteiger charge is 2.32. The zero-order valence-electron chi connectivity index (χ0n) is 23.4. The Morgan fingerprint density at radius 1 is 0.889 bits per heavy atom. The van der Waals surface area contributed by atoms with Gasteiger partial charge in [0.15, 0.2) is 0 Å². The summed E-state index contributed by atoms with van der Waals surface area (Å²) in [6.45, 7) is 14.1. The van der Waals surface area contributed by atoms with E-state index < -0.39 is 17.6 Å². The lowest BCUT2D eigenvalue weighted by Crippen LogP contribution is -2.40. The SMILES string of the molecule is CCC(O)(CC)CCc1ccc(C(CC)(CC)c2ccc(C(=O)N(C)C(C)C(=O)O)c(C)c2)cc1C. The van der Waals surface area contributed by atoms with Crippen LogP contribution in [0.4, 0.5) is 0 Å². The molecule has 0 fully saturated rings. The molecule has 5 heteroatoms. The zero-order valence-corrected chi connectivity index (χ0v) is 23.4. The van der Waals surface area contributed by atoms with E-state index in [-0.39, 0.29) is 11.3 Å². The van der Waals surface area contributed by atoms with Crippen LogP contribution in [0.15, 0.2) is 36.4 Å². The zero-order chi connectivity index (χ0) is 27.3. The highest BCUT2D eigenvalue weighted by atomic mass is 16.4. The third kappa shape index (κ3) is 6.00. The number of likely N-dealkylation sites (N-methyl/N-ethyl adjacent to an activating group) is 1. The first kappa shape index (κ1) is 29.6. The van der Waals surface area contributed by atoms with Crippen molar-refractivity contribution in [3.63, 3.8) is 0 Å². The van der Waals surface area contributed by atoms with Gasteiger partial charge >= 0.3 is 5.97 Å². The molecule has 2 rings (SSSR count). The van der Waals surface area contributed by atoms with Crippen molar-refractivity contribution in [2.75, 3.05) is 7.05 Å². The molecule has 5 nitrogen and oxygen atoms in total. The molecule has 0 aliphatic heterocycles. The number of aliphatic hydroxyl groups is 1. The topological polar surface area (TPSA) is 77.8 Å².